The molecule has 0 saturated carbocycles. The number of primary amides is 1. The van der Waals surface area contributed by atoms with E-state index in [1.165, 1.54) is 12.4 Å². The third-order valence-electron chi connectivity index (χ3n) is 3.67. The lowest BCUT2D eigenvalue weighted by Gasteiger charge is -2.18. The number of nitrogens with two attached hydrogens (primary N) is 2. The van der Waals surface area contributed by atoms with Crippen LogP contribution in [0.15, 0.2) is 36.7 Å². The van der Waals surface area contributed by atoms with Crippen LogP contribution in [-0.4, -0.2) is 27.9 Å². The molecule has 22 heavy (non-hydrogen) atoms. The van der Waals surface area contributed by atoms with E-state index in [9.17, 15) is 9.59 Å². The summed E-state index contributed by atoms with van der Waals surface area (Å²) >= 11 is 0. The first kappa shape index (κ1) is 14.0. The van der Waals surface area contributed by atoms with E-state index < -0.39 is 23.9 Å². The lowest BCUT2D eigenvalue weighted by molar-refractivity contribution is -0.121. The Labute approximate surface area is 126 Å². The molecule has 4 N–H and O–H groups in total. The molecular formula is C15H14N4O3. The number of hydrogen-bond acceptors (Lipinski definition) is 6. The summed E-state index contributed by atoms with van der Waals surface area (Å²) in [6, 6.07) is 7.38. The number of amides is 1. The van der Waals surface area contributed by atoms with Crippen molar-refractivity contribution in [3.8, 4) is 0 Å². The average Bonchev–Trinajstić information content (AvgIpc) is 2.85. The molecule has 0 fully saturated rings. The zero-order valence-electron chi connectivity index (χ0n) is 11.6. The van der Waals surface area contributed by atoms with Gasteiger partial charge in [-0.2, -0.15) is 0 Å². The first-order valence-corrected chi connectivity index (χ1v) is 6.72. The van der Waals surface area contributed by atoms with Gasteiger partial charge in [-0.05, 0) is 11.1 Å². The number of nitrogens with zero attached hydrogens (tertiary/aromatic N) is 2. The molecule has 2 unspecified atom stereocenters. The van der Waals surface area contributed by atoms with Crippen LogP contribution in [-0.2, 0) is 16.0 Å². The Morgan fingerprint density at radius 1 is 1.18 bits per heavy atom. The third kappa shape index (κ3) is 2.37. The van der Waals surface area contributed by atoms with Crippen molar-refractivity contribution in [3.05, 3.63) is 53.5 Å². The highest BCUT2D eigenvalue weighted by Gasteiger charge is 2.39. The van der Waals surface area contributed by atoms with Crippen molar-refractivity contribution in [2.24, 2.45) is 5.73 Å². The number of carbonyl (C=O) groups excluding carboxylic acids is 2. The lowest BCUT2D eigenvalue weighted by Crippen LogP contribution is -2.32. The minimum absolute atomic E-state index is 0.0152. The fourth-order valence-electron chi connectivity index (χ4n) is 2.70. The first-order chi connectivity index (χ1) is 10.6. The number of anilines is 1. The van der Waals surface area contributed by atoms with Crippen LogP contribution in [0.1, 0.15) is 27.5 Å². The van der Waals surface area contributed by atoms with Gasteiger partial charge in [0, 0.05) is 18.8 Å². The zero-order chi connectivity index (χ0) is 15.7. The van der Waals surface area contributed by atoms with Crippen molar-refractivity contribution < 1.29 is 14.3 Å². The molecule has 7 heteroatoms. The van der Waals surface area contributed by atoms with E-state index in [1.54, 1.807) is 0 Å². The van der Waals surface area contributed by atoms with E-state index in [2.05, 4.69) is 9.97 Å². The second kappa shape index (κ2) is 5.44. The number of benzene rings is 1. The summed E-state index contributed by atoms with van der Waals surface area (Å²) in [6.07, 6.45) is 2.49. The Bertz CT molecular complexity index is 747. The van der Waals surface area contributed by atoms with Crippen molar-refractivity contribution in [2.75, 3.05) is 5.73 Å². The molecule has 1 aliphatic carbocycles. The summed E-state index contributed by atoms with van der Waals surface area (Å²) in [7, 11) is 0. The largest absolute Gasteiger partial charge is 0.456 e. The molecule has 3 rings (SSSR count). The summed E-state index contributed by atoms with van der Waals surface area (Å²) in [6.45, 7) is 0. The molecule has 0 aliphatic heterocycles. The topological polar surface area (TPSA) is 121 Å². The van der Waals surface area contributed by atoms with Crippen molar-refractivity contribution in [1.82, 2.24) is 9.97 Å². The van der Waals surface area contributed by atoms with Crippen LogP contribution in [0, 0.1) is 0 Å². The molecule has 2 atom stereocenters. The fourth-order valence-corrected chi connectivity index (χ4v) is 2.70. The maximum Gasteiger partial charge on any atom is 0.361 e. The summed E-state index contributed by atoms with van der Waals surface area (Å²) in [4.78, 5) is 31.6. The normalized spacial score (nSPS) is 19.5. The Kier molecular flexibility index (Phi) is 3.46. The molecule has 1 amide bonds. The SMILES string of the molecule is NC(=O)C1c2ccccc2CC1OC(=O)c1nccnc1N. The molecular weight excluding hydrogens is 284 g/mol. The van der Waals surface area contributed by atoms with Crippen molar-refractivity contribution in [2.45, 2.75) is 18.4 Å². The third-order valence-corrected chi connectivity index (χ3v) is 3.67. The molecule has 7 nitrogen and oxygen atoms in total. The minimum Gasteiger partial charge on any atom is -0.456 e. The smallest absolute Gasteiger partial charge is 0.361 e. The van der Waals surface area contributed by atoms with Crippen LogP contribution in [0.4, 0.5) is 5.82 Å². The van der Waals surface area contributed by atoms with Gasteiger partial charge < -0.3 is 16.2 Å². The maximum absolute atomic E-state index is 12.2. The molecule has 0 radical (unpaired) electrons. The van der Waals surface area contributed by atoms with Crippen LogP contribution in [0.3, 0.4) is 0 Å². The van der Waals surface area contributed by atoms with Crippen LogP contribution in [0.5, 0.6) is 0 Å². The molecule has 1 aromatic carbocycles. The van der Waals surface area contributed by atoms with Gasteiger partial charge in [0.05, 0.1) is 0 Å². The van der Waals surface area contributed by atoms with E-state index in [0.29, 0.717) is 6.42 Å². The van der Waals surface area contributed by atoms with E-state index in [0.717, 1.165) is 11.1 Å². The number of carbonyl (C=O) groups is 2. The fraction of sp³-hybridized carbons (Fsp3) is 0.200. The quantitative estimate of drug-likeness (QED) is 0.791. The summed E-state index contributed by atoms with van der Waals surface area (Å²) in [5.41, 5.74) is 12.7. The lowest BCUT2D eigenvalue weighted by atomic mass is 9.99. The average molecular weight is 298 g/mol. The second-order valence-corrected chi connectivity index (χ2v) is 5.02. The van der Waals surface area contributed by atoms with Crippen LogP contribution < -0.4 is 11.5 Å². The predicted octanol–water partition coefficient (Wildman–Crippen LogP) is 0.409. The van der Waals surface area contributed by atoms with Gasteiger partial charge in [-0.15, -0.1) is 0 Å². The van der Waals surface area contributed by atoms with Gasteiger partial charge in [0.1, 0.15) is 12.0 Å². The number of ether oxygens (including phenoxy) is 1. The molecule has 0 spiro atoms. The van der Waals surface area contributed by atoms with E-state index in [-0.39, 0.29) is 11.5 Å². The van der Waals surface area contributed by atoms with Gasteiger partial charge in [0.15, 0.2) is 11.5 Å². The summed E-state index contributed by atoms with van der Waals surface area (Å²) in [5.74, 6) is -1.93. The summed E-state index contributed by atoms with van der Waals surface area (Å²) in [5, 5.41) is 0. The first-order valence-electron chi connectivity index (χ1n) is 6.72. The van der Waals surface area contributed by atoms with E-state index in [1.807, 2.05) is 24.3 Å². The van der Waals surface area contributed by atoms with Crippen LogP contribution >= 0.6 is 0 Å². The molecule has 0 bridgehead atoms. The van der Waals surface area contributed by atoms with Crippen molar-refractivity contribution in [3.63, 3.8) is 0 Å². The van der Waals surface area contributed by atoms with E-state index in [4.69, 9.17) is 16.2 Å². The van der Waals surface area contributed by atoms with E-state index >= 15 is 0 Å². The Morgan fingerprint density at radius 3 is 2.64 bits per heavy atom. The number of aromatic nitrogens is 2. The zero-order valence-corrected chi connectivity index (χ0v) is 11.6. The Morgan fingerprint density at radius 2 is 1.91 bits per heavy atom. The van der Waals surface area contributed by atoms with Crippen LogP contribution in [0.2, 0.25) is 0 Å². The molecule has 1 aliphatic rings. The Balaban J connectivity index is 1.86. The molecule has 112 valence electrons. The minimum atomic E-state index is -0.713. The molecule has 1 aromatic heterocycles. The predicted molar refractivity (Wildman–Crippen MR) is 77.7 cm³/mol. The Hall–Kier alpha value is -2.96. The van der Waals surface area contributed by atoms with Crippen LogP contribution in [0.25, 0.3) is 0 Å². The van der Waals surface area contributed by atoms with Crippen molar-refractivity contribution in [1.29, 1.82) is 0 Å². The molecule has 0 saturated heterocycles. The monoisotopic (exact) mass is 298 g/mol. The number of nitrogen functional groups attached to an aromatic ring is 1. The number of hydrogen-bond donors (Lipinski definition) is 2. The van der Waals surface area contributed by atoms with Crippen molar-refractivity contribution >= 4 is 17.7 Å². The van der Waals surface area contributed by atoms with Gasteiger partial charge in [-0.1, -0.05) is 24.3 Å². The molecule has 1 heterocycles. The maximum atomic E-state index is 12.2. The highest BCUT2D eigenvalue weighted by Crippen LogP contribution is 2.35. The van der Waals surface area contributed by atoms with Gasteiger partial charge in [0.2, 0.25) is 5.91 Å². The number of esters is 1. The molecule has 2 aromatic rings. The van der Waals surface area contributed by atoms with Gasteiger partial charge in [-0.25, -0.2) is 14.8 Å². The standard InChI is InChI=1S/C15H14N4O3/c16-13-12(18-5-6-19-13)15(21)22-10-7-8-3-1-2-4-9(8)11(10)14(17)20/h1-6,10-11H,7H2,(H2,16,19)(H2,17,20). The second-order valence-electron chi connectivity index (χ2n) is 5.02. The highest BCUT2D eigenvalue weighted by atomic mass is 16.5. The highest BCUT2D eigenvalue weighted by molar-refractivity contribution is 5.92. The number of rotatable bonds is 3. The summed E-state index contributed by atoms with van der Waals surface area (Å²) < 4.78 is 5.41. The number of fused-ring (bicyclic) bond motifs is 1. The van der Waals surface area contributed by atoms with Gasteiger partial charge >= 0.3 is 5.97 Å². The van der Waals surface area contributed by atoms with Gasteiger partial charge in [-0.3, -0.25) is 4.79 Å². The van der Waals surface area contributed by atoms with Gasteiger partial charge in [0.25, 0.3) is 0 Å².